The van der Waals surface area contributed by atoms with Gasteiger partial charge in [-0.25, -0.2) is 4.98 Å². The number of hydrogen-bond donors (Lipinski definition) is 2. The molecule has 2 heterocycles. The highest BCUT2D eigenvalue weighted by Gasteiger charge is 2.27. The number of primary amides is 1. The van der Waals surface area contributed by atoms with Crippen LogP contribution in [0.5, 0.6) is 0 Å². The van der Waals surface area contributed by atoms with E-state index in [1.165, 1.54) is 11.8 Å². The molecule has 0 bridgehead atoms. The first-order chi connectivity index (χ1) is 14.9. The lowest BCUT2D eigenvalue weighted by atomic mass is 10.2. The molecule has 9 heteroatoms. The van der Waals surface area contributed by atoms with Gasteiger partial charge in [0, 0.05) is 22.9 Å². The Morgan fingerprint density at radius 2 is 1.90 bits per heavy atom. The molecule has 1 unspecified atom stereocenters. The number of aromatic nitrogens is 2. The average Bonchev–Trinajstić information content (AvgIpc) is 3.14. The molecule has 1 aliphatic rings. The van der Waals surface area contributed by atoms with Gasteiger partial charge < -0.3 is 11.1 Å². The number of para-hydroxylation sites is 1. The summed E-state index contributed by atoms with van der Waals surface area (Å²) in [7, 11) is 0. The van der Waals surface area contributed by atoms with Crippen molar-refractivity contribution in [2.75, 3.05) is 11.1 Å². The van der Waals surface area contributed by atoms with Crippen LogP contribution in [0.3, 0.4) is 0 Å². The summed E-state index contributed by atoms with van der Waals surface area (Å²) in [6.45, 7) is 2.07. The topological polar surface area (TPSA) is 107 Å². The second-order valence-corrected chi connectivity index (χ2v) is 9.45. The van der Waals surface area contributed by atoms with Gasteiger partial charge in [-0.3, -0.25) is 19.0 Å². The van der Waals surface area contributed by atoms with E-state index in [1.54, 1.807) is 40.6 Å². The second kappa shape index (κ2) is 8.99. The van der Waals surface area contributed by atoms with Crippen LogP contribution in [0.1, 0.15) is 23.0 Å². The molecule has 4 rings (SSSR count). The second-order valence-electron chi connectivity index (χ2n) is 7.06. The lowest BCUT2D eigenvalue weighted by Crippen LogP contribution is -2.24. The van der Waals surface area contributed by atoms with Crippen LogP contribution in [0.4, 0.5) is 5.69 Å². The molecule has 0 radical (unpaired) electrons. The largest absolute Gasteiger partial charge is 0.366 e. The van der Waals surface area contributed by atoms with Crippen LogP contribution < -0.4 is 16.6 Å². The number of fused-ring (bicyclic) bond motifs is 1. The molecule has 2 aromatic carbocycles. The van der Waals surface area contributed by atoms with Crippen LogP contribution in [0.15, 0.2) is 69.4 Å². The molecule has 3 aromatic rings. The number of hydrogen-bond acceptors (Lipinski definition) is 6. The molecule has 0 saturated heterocycles. The molecule has 1 aliphatic heterocycles. The van der Waals surface area contributed by atoms with Crippen molar-refractivity contribution in [3.63, 3.8) is 0 Å². The van der Waals surface area contributed by atoms with Gasteiger partial charge in [-0.1, -0.05) is 36.9 Å². The van der Waals surface area contributed by atoms with Gasteiger partial charge in [-0.15, -0.1) is 11.8 Å². The van der Waals surface area contributed by atoms with Crippen LogP contribution in [0, 0.1) is 0 Å². The van der Waals surface area contributed by atoms with Gasteiger partial charge >= 0.3 is 0 Å². The van der Waals surface area contributed by atoms with Gasteiger partial charge in [-0.2, -0.15) is 0 Å². The number of nitrogens with zero attached hydrogens (tertiary/aromatic N) is 2. The van der Waals surface area contributed by atoms with E-state index in [1.807, 2.05) is 30.3 Å². The van der Waals surface area contributed by atoms with Crippen molar-refractivity contribution in [1.29, 1.82) is 0 Å². The SMILES string of the molecule is CC1Cc2nc(SCC(=O)Nc3ccc(C(N)=O)cc3)n(-c3ccccc3)c(=O)c2S1. The third-order valence-electron chi connectivity index (χ3n) is 4.68. The number of thioether (sulfide) groups is 2. The molecule has 31 heavy (non-hydrogen) atoms. The molecular formula is C22H20N4O3S2. The number of nitrogens with two attached hydrogens (primary N) is 1. The molecule has 158 valence electrons. The van der Waals surface area contributed by atoms with E-state index in [2.05, 4.69) is 12.2 Å². The highest BCUT2D eigenvalue weighted by Crippen LogP contribution is 2.34. The standard InChI is InChI=1S/C22H20N4O3S2/c1-13-11-17-19(31-13)21(29)26(16-5-3-2-4-6-16)22(25-17)30-12-18(27)24-15-9-7-14(8-10-15)20(23)28/h2-10,13H,11-12H2,1H3,(H2,23,28)(H,24,27). The third-order valence-corrected chi connectivity index (χ3v) is 6.83. The Balaban J connectivity index is 1.56. The first-order valence-electron chi connectivity index (χ1n) is 9.63. The lowest BCUT2D eigenvalue weighted by molar-refractivity contribution is -0.113. The first kappa shape index (κ1) is 21.2. The summed E-state index contributed by atoms with van der Waals surface area (Å²) < 4.78 is 1.57. The summed E-state index contributed by atoms with van der Waals surface area (Å²) in [6.07, 6.45) is 0.733. The van der Waals surface area contributed by atoms with E-state index in [0.717, 1.165) is 12.1 Å². The van der Waals surface area contributed by atoms with Crippen LogP contribution in [-0.2, 0) is 11.2 Å². The summed E-state index contributed by atoms with van der Waals surface area (Å²) >= 11 is 2.76. The zero-order chi connectivity index (χ0) is 22.0. The Kier molecular flexibility index (Phi) is 6.15. The zero-order valence-corrected chi connectivity index (χ0v) is 18.3. The van der Waals surface area contributed by atoms with Gasteiger partial charge in [0.2, 0.25) is 11.8 Å². The molecule has 0 fully saturated rings. The fourth-order valence-electron chi connectivity index (χ4n) is 3.25. The van der Waals surface area contributed by atoms with Crippen molar-refractivity contribution in [2.24, 2.45) is 5.73 Å². The van der Waals surface area contributed by atoms with Crippen LogP contribution in [0.25, 0.3) is 5.69 Å². The number of benzene rings is 2. The van der Waals surface area contributed by atoms with E-state index in [0.29, 0.717) is 32.2 Å². The van der Waals surface area contributed by atoms with Crippen molar-refractivity contribution in [2.45, 2.75) is 28.6 Å². The molecule has 0 aliphatic carbocycles. The van der Waals surface area contributed by atoms with Gasteiger partial charge in [0.15, 0.2) is 5.16 Å². The van der Waals surface area contributed by atoms with Crippen LogP contribution in [0.2, 0.25) is 0 Å². The fraction of sp³-hybridized carbons (Fsp3) is 0.182. The predicted molar refractivity (Wildman–Crippen MR) is 123 cm³/mol. The predicted octanol–water partition coefficient (Wildman–Crippen LogP) is 3.10. The maximum atomic E-state index is 13.2. The molecule has 7 nitrogen and oxygen atoms in total. The lowest BCUT2D eigenvalue weighted by Gasteiger charge is -2.13. The Bertz CT molecular complexity index is 1190. The van der Waals surface area contributed by atoms with E-state index < -0.39 is 5.91 Å². The van der Waals surface area contributed by atoms with E-state index in [-0.39, 0.29) is 17.2 Å². The summed E-state index contributed by atoms with van der Waals surface area (Å²) in [5, 5.41) is 3.57. The highest BCUT2D eigenvalue weighted by atomic mass is 32.2. The quantitative estimate of drug-likeness (QED) is 0.440. The maximum absolute atomic E-state index is 13.2. The monoisotopic (exact) mass is 452 g/mol. The Labute approximate surface area is 187 Å². The smallest absolute Gasteiger partial charge is 0.272 e. The molecular weight excluding hydrogens is 432 g/mol. The van der Waals surface area contributed by atoms with Gasteiger partial charge in [0.25, 0.3) is 5.56 Å². The normalized spacial score (nSPS) is 14.8. The van der Waals surface area contributed by atoms with E-state index in [9.17, 15) is 14.4 Å². The van der Waals surface area contributed by atoms with Crippen LogP contribution >= 0.6 is 23.5 Å². The summed E-state index contributed by atoms with van der Waals surface area (Å²) in [6, 6.07) is 15.7. The van der Waals surface area contributed by atoms with Gasteiger partial charge in [-0.05, 0) is 36.4 Å². The Morgan fingerprint density at radius 1 is 1.19 bits per heavy atom. The van der Waals surface area contributed by atoms with Gasteiger partial charge in [0.05, 0.1) is 22.0 Å². The Hall–Kier alpha value is -3.04. The van der Waals surface area contributed by atoms with Crippen molar-refractivity contribution in [1.82, 2.24) is 9.55 Å². The van der Waals surface area contributed by atoms with Crippen molar-refractivity contribution in [3.8, 4) is 5.69 Å². The number of anilines is 1. The van der Waals surface area contributed by atoms with E-state index in [4.69, 9.17) is 10.7 Å². The van der Waals surface area contributed by atoms with Crippen molar-refractivity contribution >= 4 is 41.0 Å². The number of nitrogens with one attached hydrogen (secondary N) is 1. The zero-order valence-electron chi connectivity index (χ0n) is 16.7. The number of rotatable bonds is 6. The number of carbonyl (C=O) groups excluding carboxylic acids is 2. The minimum absolute atomic E-state index is 0.0817. The average molecular weight is 453 g/mol. The molecule has 0 spiro atoms. The summed E-state index contributed by atoms with van der Waals surface area (Å²) in [5.41, 5.74) is 7.57. The minimum atomic E-state index is -0.525. The third kappa shape index (κ3) is 4.67. The Morgan fingerprint density at radius 3 is 2.58 bits per heavy atom. The fourth-order valence-corrected chi connectivity index (χ4v) is 5.17. The molecule has 1 aromatic heterocycles. The summed E-state index contributed by atoms with van der Waals surface area (Å²) in [5.74, 6) is -0.686. The molecule has 0 saturated carbocycles. The maximum Gasteiger partial charge on any atom is 0.272 e. The van der Waals surface area contributed by atoms with Crippen molar-refractivity contribution < 1.29 is 9.59 Å². The van der Waals surface area contributed by atoms with Gasteiger partial charge in [0.1, 0.15) is 0 Å². The number of carbonyl (C=O) groups is 2. The molecule has 1 atom stereocenters. The molecule has 3 N–H and O–H groups in total. The molecule has 2 amide bonds. The van der Waals surface area contributed by atoms with Crippen molar-refractivity contribution in [3.05, 3.63) is 76.2 Å². The first-order valence-corrected chi connectivity index (χ1v) is 11.5. The summed E-state index contributed by atoms with van der Waals surface area (Å²) in [4.78, 5) is 42.3. The highest BCUT2D eigenvalue weighted by molar-refractivity contribution is 8.00. The van der Waals surface area contributed by atoms with Crippen LogP contribution in [-0.4, -0.2) is 32.4 Å². The minimum Gasteiger partial charge on any atom is -0.366 e. The van der Waals surface area contributed by atoms with E-state index >= 15 is 0 Å². The number of amides is 2.